The summed E-state index contributed by atoms with van der Waals surface area (Å²) in [6, 6.07) is 16.9. The third-order valence-corrected chi connectivity index (χ3v) is 6.26. The molecule has 1 saturated carbocycles. The van der Waals surface area contributed by atoms with Crippen LogP contribution >= 0.6 is 0 Å². The van der Waals surface area contributed by atoms with Crippen LogP contribution < -0.4 is 14.8 Å². The molecule has 5 rings (SSSR count). The zero-order chi connectivity index (χ0) is 23.2. The van der Waals surface area contributed by atoms with Gasteiger partial charge in [0.15, 0.2) is 11.5 Å². The van der Waals surface area contributed by atoms with Gasteiger partial charge in [-0.25, -0.2) is 4.98 Å². The number of hydrogen-bond donors (Lipinski definition) is 1. The third-order valence-electron chi connectivity index (χ3n) is 6.26. The van der Waals surface area contributed by atoms with Crippen LogP contribution in [0.15, 0.2) is 54.6 Å². The van der Waals surface area contributed by atoms with E-state index in [9.17, 15) is 9.59 Å². The number of pyridine rings is 1. The summed E-state index contributed by atoms with van der Waals surface area (Å²) in [5, 5.41) is 2.99. The van der Waals surface area contributed by atoms with Gasteiger partial charge in [0.25, 0.3) is 5.91 Å². The maximum absolute atomic E-state index is 13.2. The first-order valence-corrected chi connectivity index (χ1v) is 10.9. The monoisotopic (exact) mass is 445 g/mol. The number of amides is 2. The van der Waals surface area contributed by atoms with E-state index in [0.717, 1.165) is 35.2 Å². The number of benzene rings is 2. The molecule has 1 aliphatic heterocycles. The van der Waals surface area contributed by atoms with Gasteiger partial charge in [0.2, 0.25) is 12.7 Å². The van der Waals surface area contributed by atoms with Crippen LogP contribution in [0.1, 0.15) is 35.9 Å². The van der Waals surface area contributed by atoms with Crippen LogP contribution in [-0.2, 0) is 10.2 Å². The van der Waals surface area contributed by atoms with Crippen molar-refractivity contribution >= 4 is 17.6 Å². The molecule has 2 heterocycles. The molecule has 2 amide bonds. The van der Waals surface area contributed by atoms with E-state index in [1.807, 2.05) is 49.4 Å². The van der Waals surface area contributed by atoms with Crippen molar-refractivity contribution in [3.05, 3.63) is 71.4 Å². The van der Waals surface area contributed by atoms with Crippen molar-refractivity contribution < 1.29 is 20.5 Å². The predicted octanol–water partition coefficient (Wildman–Crippen LogP) is 4.40. The molecule has 7 nitrogen and oxygen atoms in total. The Morgan fingerprint density at radius 2 is 1.82 bits per heavy atom. The number of aromatic nitrogens is 1. The quantitative estimate of drug-likeness (QED) is 0.629. The Kier molecular flexibility index (Phi) is 5.04. The Hall–Kier alpha value is -3.87. The summed E-state index contributed by atoms with van der Waals surface area (Å²) in [5.41, 5.74) is 3.59. The molecule has 0 atom stereocenters. The van der Waals surface area contributed by atoms with Gasteiger partial charge in [0.1, 0.15) is 5.82 Å². The molecular formula is C26H27N3O4. The average Bonchev–Trinajstić information content (AvgIpc) is 3.49. The highest BCUT2D eigenvalue weighted by Gasteiger charge is 2.51. The minimum atomic E-state index is -0.559. The second-order valence-electron chi connectivity index (χ2n) is 8.71. The van der Waals surface area contributed by atoms with Gasteiger partial charge in [-0.1, -0.05) is 18.2 Å². The van der Waals surface area contributed by atoms with Gasteiger partial charge in [0.05, 0.1) is 5.41 Å². The lowest BCUT2D eigenvalue weighted by Gasteiger charge is -2.17. The summed E-state index contributed by atoms with van der Waals surface area (Å²) in [7, 11) is 3.46. The van der Waals surface area contributed by atoms with E-state index in [0.29, 0.717) is 22.9 Å². The van der Waals surface area contributed by atoms with E-state index in [4.69, 9.17) is 9.47 Å². The molecule has 0 spiro atoms. The average molecular weight is 446 g/mol. The van der Waals surface area contributed by atoms with E-state index in [1.165, 1.54) is 0 Å². The fraction of sp³-hybridized carbons (Fsp3) is 0.269. The Bertz CT molecular complexity index is 1270. The number of fused-ring (bicyclic) bond motifs is 1. The highest BCUT2D eigenvalue weighted by Crippen LogP contribution is 2.51. The molecule has 170 valence electrons. The number of ether oxygens (including phenoxy) is 2. The molecule has 0 radical (unpaired) electrons. The number of carbonyl (C=O) groups is 2. The van der Waals surface area contributed by atoms with Crippen LogP contribution in [0.4, 0.5) is 5.82 Å². The second kappa shape index (κ2) is 7.92. The maximum atomic E-state index is 13.2. The standard InChI is InChI=1S/C26H25N3O4.H2/c1-16-20(17-5-4-6-18(13-17)24(30)29(2)3)8-10-23(27-16)28-25(31)26(11-12-26)19-7-9-21-22(14-19)33-15-32-21;/h4-10,13-14H,11-12,15H2,1-3H3,(H,27,28,31);1H. The minimum absolute atomic E-state index is 0. The van der Waals surface area contributed by atoms with Crippen LogP contribution in [0.5, 0.6) is 11.5 Å². The van der Waals surface area contributed by atoms with Crippen molar-refractivity contribution in [1.29, 1.82) is 0 Å². The van der Waals surface area contributed by atoms with E-state index in [-0.39, 0.29) is 20.0 Å². The highest BCUT2D eigenvalue weighted by molar-refractivity contribution is 6.01. The van der Waals surface area contributed by atoms with E-state index < -0.39 is 5.41 Å². The number of nitrogens with one attached hydrogen (secondary N) is 1. The third kappa shape index (κ3) is 3.80. The zero-order valence-corrected chi connectivity index (χ0v) is 18.8. The van der Waals surface area contributed by atoms with Crippen molar-refractivity contribution in [3.8, 4) is 22.6 Å². The molecule has 3 aromatic rings. The largest absolute Gasteiger partial charge is 0.454 e. The first kappa shape index (κ1) is 21.0. The minimum Gasteiger partial charge on any atom is -0.454 e. The Morgan fingerprint density at radius 3 is 2.55 bits per heavy atom. The molecule has 33 heavy (non-hydrogen) atoms. The Labute approximate surface area is 193 Å². The van der Waals surface area contributed by atoms with Gasteiger partial charge >= 0.3 is 0 Å². The molecular weight excluding hydrogens is 418 g/mol. The molecule has 1 aliphatic carbocycles. The first-order chi connectivity index (χ1) is 15.9. The fourth-order valence-electron chi connectivity index (χ4n) is 4.22. The van der Waals surface area contributed by atoms with Crippen molar-refractivity contribution in [1.82, 2.24) is 9.88 Å². The molecule has 0 saturated heterocycles. The van der Waals surface area contributed by atoms with E-state index in [1.54, 1.807) is 31.1 Å². The molecule has 2 aliphatic rings. The van der Waals surface area contributed by atoms with Crippen LogP contribution in [0.3, 0.4) is 0 Å². The van der Waals surface area contributed by atoms with Crippen LogP contribution in [0, 0.1) is 6.92 Å². The highest BCUT2D eigenvalue weighted by atomic mass is 16.7. The molecule has 1 fully saturated rings. The summed E-state index contributed by atoms with van der Waals surface area (Å²) < 4.78 is 10.9. The number of carbonyl (C=O) groups excluding carboxylic acids is 2. The fourth-order valence-corrected chi connectivity index (χ4v) is 4.22. The SMILES string of the molecule is Cc1nc(NC(=O)C2(c3ccc4c(c3)OCO4)CC2)ccc1-c1cccc(C(=O)N(C)C)c1.[HH]. The number of hydrogen-bond acceptors (Lipinski definition) is 5. The van der Waals surface area contributed by atoms with Crippen LogP contribution in [0.2, 0.25) is 0 Å². The lowest BCUT2D eigenvalue weighted by molar-refractivity contribution is -0.118. The van der Waals surface area contributed by atoms with Gasteiger partial charge in [0, 0.05) is 32.3 Å². The Morgan fingerprint density at radius 1 is 1.03 bits per heavy atom. The normalized spacial score (nSPS) is 15.1. The van der Waals surface area contributed by atoms with Gasteiger partial charge in [-0.15, -0.1) is 0 Å². The van der Waals surface area contributed by atoms with Gasteiger partial charge in [-0.2, -0.15) is 0 Å². The molecule has 2 aromatic carbocycles. The molecule has 0 bridgehead atoms. The second-order valence-corrected chi connectivity index (χ2v) is 8.71. The smallest absolute Gasteiger partial charge is 0.253 e. The van der Waals surface area contributed by atoms with Crippen molar-refractivity contribution in [2.75, 3.05) is 26.2 Å². The first-order valence-electron chi connectivity index (χ1n) is 10.9. The molecule has 0 unspecified atom stereocenters. The number of rotatable bonds is 5. The van der Waals surface area contributed by atoms with Crippen molar-refractivity contribution in [2.24, 2.45) is 0 Å². The number of nitrogens with zero attached hydrogens (tertiary/aromatic N) is 2. The number of anilines is 1. The number of aryl methyl sites for hydroxylation is 1. The van der Waals surface area contributed by atoms with Crippen LogP contribution in [-0.4, -0.2) is 42.6 Å². The summed E-state index contributed by atoms with van der Waals surface area (Å²) in [5.74, 6) is 1.78. The Balaban J connectivity index is 0.00000274. The topological polar surface area (TPSA) is 80.8 Å². The van der Waals surface area contributed by atoms with Gasteiger partial charge in [-0.05, 0) is 67.3 Å². The lowest BCUT2D eigenvalue weighted by atomic mass is 9.94. The maximum Gasteiger partial charge on any atom is 0.253 e. The molecule has 1 aromatic heterocycles. The van der Waals surface area contributed by atoms with E-state index in [2.05, 4.69) is 10.3 Å². The molecule has 7 heteroatoms. The van der Waals surface area contributed by atoms with Crippen LogP contribution in [0.25, 0.3) is 11.1 Å². The van der Waals surface area contributed by atoms with Crippen molar-refractivity contribution in [2.45, 2.75) is 25.2 Å². The summed E-state index contributed by atoms with van der Waals surface area (Å²) in [6.07, 6.45) is 1.56. The summed E-state index contributed by atoms with van der Waals surface area (Å²) >= 11 is 0. The van der Waals surface area contributed by atoms with E-state index >= 15 is 0 Å². The zero-order valence-electron chi connectivity index (χ0n) is 18.8. The predicted molar refractivity (Wildman–Crippen MR) is 127 cm³/mol. The lowest BCUT2D eigenvalue weighted by Crippen LogP contribution is -2.28. The molecule has 1 N–H and O–H groups in total. The van der Waals surface area contributed by atoms with Gasteiger partial charge in [-0.3, -0.25) is 9.59 Å². The van der Waals surface area contributed by atoms with Crippen molar-refractivity contribution in [3.63, 3.8) is 0 Å². The van der Waals surface area contributed by atoms with Gasteiger partial charge < -0.3 is 19.7 Å². The summed E-state index contributed by atoms with van der Waals surface area (Å²) in [6.45, 7) is 2.11. The summed E-state index contributed by atoms with van der Waals surface area (Å²) in [4.78, 5) is 31.7.